The molecule has 0 aliphatic heterocycles. The number of halogens is 1. The molecule has 1 heterocycles. The summed E-state index contributed by atoms with van der Waals surface area (Å²) in [7, 11) is 0. The second-order valence-corrected chi connectivity index (χ2v) is 4.80. The third-order valence-corrected chi connectivity index (χ3v) is 3.76. The Balaban J connectivity index is 2.38. The number of hydrogen-bond donors (Lipinski definition) is 1. The normalized spacial score (nSPS) is 20.1. The zero-order valence-corrected chi connectivity index (χ0v) is 9.60. The predicted octanol–water partition coefficient (Wildman–Crippen LogP) is 3.45. The molecular weight excluding hydrogens is 203 g/mol. The molecule has 3 rings (SSSR count). The fraction of sp³-hybridized carbons (Fsp3) is 0.462. The highest BCUT2D eigenvalue weighted by molar-refractivity contribution is 5.84. The van der Waals surface area contributed by atoms with Gasteiger partial charge in [0, 0.05) is 0 Å². The van der Waals surface area contributed by atoms with Gasteiger partial charge in [-0.15, -0.1) is 0 Å². The molecule has 0 saturated heterocycles. The summed E-state index contributed by atoms with van der Waals surface area (Å²) in [5.41, 5.74) is 4.54. The highest BCUT2D eigenvalue weighted by Gasteiger charge is 2.22. The van der Waals surface area contributed by atoms with Gasteiger partial charge in [-0.05, 0) is 54.9 Å². The van der Waals surface area contributed by atoms with Gasteiger partial charge < -0.3 is 0 Å². The summed E-state index contributed by atoms with van der Waals surface area (Å²) in [4.78, 5) is 0. The number of H-pyrrole nitrogens is 1. The highest BCUT2D eigenvalue weighted by atomic mass is 19.1. The van der Waals surface area contributed by atoms with E-state index < -0.39 is 0 Å². The van der Waals surface area contributed by atoms with E-state index in [1.807, 2.05) is 13.0 Å². The van der Waals surface area contributed by atoms with E-state index in [0.29, 0.717) is 11.3 Å². The molecule has 1 aromatic carbocycles. The van der Waals surface area contributed by atoms with Crippen molar-refractivity contribution in [3.05, 3.63) is 28.7 Å². The first-order valence-electron chi connectivity index (χ1n) is 5.84. The van der Waals surface area contributed by atoms with Crippen LogP contribution in [-0.4, -0.2) is 10.2 Å². The molecule has 1 aliphatic rings. The van der Waals surface area contributed by atoms with E-state index in [4.69, 9.17) is 0 Å². The van der Waals surface area contributed by atoms with E-state index in [1.54, 1.807) is 0 Å². The Morgan fingerprint density at radius 1 is 1.50 bits per heavy atom. The van der Waals surface area contributed by atoms with Crippen LogP contribution in [0.5, 0.6) is 0 Å². The SMILES string of the molecule is Cc1c2c(cc3n[nH]c(F)c13)CCCC2C. The lowest BCUT2D eigenvalue weighted by atomic mass is 9.80. The zero-order valence-electron chi connectivity index (χ0n) is 9.60. The highest BCUT2D eigenvalue weighted by Crippen LogP contribution is 2.37. The van der Waals surface area contributed by atoms with Gasteiger partial charge >= 0.3 is 0 Å². The van der Waals surface area contributed by atoms with Crippen LogP contribution in [0.15, 0.2) is 6.07 Å². The van der Waals surface area contributed by atoms with Gasteiger partial charge in [-0.2, -0.15) is 9.49 Å². The fourth-order valence-corrected chi connectivity index (χ4v) is 3.05. The van der Waals surface area contributed by atoms with Crippen LogP contribution in [0.1, 0.15) is 42.4 Å². The van der Waals surface area contributed by atoms with E-state index in [1.165, 1.54) is 24.0 Å². The van der Waals surface area contributed by atoms with Crippen molar-refractivity contribution >= 4 is 10.9 Å². The van der Waals surface area contributed by atoms with Crippen LogP contribution >= 0.6 is 0 Å². The Morgan fingerprint density at radius 3 is 3.12 bits per heavy atom. The summed E-state index contributed by atoms with van der Waals surface area (Å²) in [5.74, 6) is 0.246. The van der Waals surface area contributed by atoms with Gasteiger partial charge in [-0.3, -0.25) is 5.10 Å². The number of aromatic amines is 1. The molecule has 1 unspecified atom stereocenters. The van der Waals surface area contributed by atoms with E-state index in [2.05, 4.69) is 17.1 Å². The first-order valence-corrected chi connectivity index (χ1v) is 5.84. The third-order valence-electron chi connectivity index (χ3n) is 3.76. The Labute approximate surface area is 93.9 Å². The first-order chi connectivity index (χ1) is 7.68. The van der Waals surface area contributed by atoms with Crippen molar-refractivity contribution in [2.45, 2.75) is 39.0 Å². The van der Waals surface area contributed by atoms with Gasteiger partial charge in [0.05, 0.1) is 10.9 Å². The molecule has 0 fully saturated rings. The van der Waals surface area contributed by atoms with Gasteiger partial charge in [-0.1, -0.05) is 6.92 Å². The van der Waals surface area contributed by atoms with Crippen LogP contribution in [0.3, 0.4) is 0 Å². The lowest BCUT2D eigenvalue weighted by molar-refractivity contribution is 0.582. The van der Waals surface area contributed by atoms with Crippen LogP contribution in [0.4, 0.5) is 4.39 Å². The van der Waals surface area contributed by atoms with Gasteiger partial charge in [0.15, 0.2) is 0 Å². The van der Waals surface area contributed by atoms with Crippen LogP contribution in [0.2, 0.25) is 0 Å². The molecule has 0 radical (unpaired) electrons. The monoisotopic (exact) mass is 218 g/mol. The lowest BCUT2D eigenvalue weighted by Gasteiger charge is -2.24. The number of hydrogen-bond acceptors (Lipinski definition) is 1. The van der Waals surface area contributed by atoms with Crippen molar-refractivity contribution < 1.29 is 4.39 Å². The Morgan fingerprint density at radius 2 is 2.31 bits per heavy atom. The summed E-state index contributed by atoms with van der Waals surface area (Å²) in [6.45, 7) is 4.25. The minimum Gasteiger partial charge on any atom is -0.252 e. The topological polar surface area (TPSA) is 28.7 Å². The van der Waals surface area contributed by atoms with E-state index in [9.17, 15) is 4.39 Å². The second-order valence-electron chi connectivity index (χ2n) is 4.80. The summed E-state index contributed by atoms with van der Waals surface area (Å²) in [5, 5.41) is 7.12. The average molecular weight is 218 g/mol. The lowest BCUT2D eigenvalue weighted by Crippen LogP contribution is -2.09. The molecule has 84 valence electrons. The standard InChI is InChI=1S/C13H15FN2/c1-7-4-3-5-9-6-10-12(8(2)11(7)9)13(14)16-15-10/h6-7H,3-5H2,1-2H3,(H,15,16). The van der Waals surface area contributed by atoms with Gasteiger partial charge in [0.1, 0.15) is 0 Å². The fourth-order valence-electron chi connectivity index (χ4n) is 3.05. The van der Waals surface area contributed by atoms with Gasteiger partial charge in [0.25, 0.3) is 0 Å². The minimum absolute atomic E-state index is 0.298. The number of fused-ring (bicyclic) bond motifs is 2. The predicted molar refractivity (Wildman–Crippen MR) is 62.1 cm³/mol. The number of aromatic nitrogens is 2. The van der Waals surface area contributed by atoms with Crippen LogP contribution in [-0.2, 0) is 6.42 Å². The molecule has 1 atom stereocenters. The van der Waals surface area contributed by atoms with Crippen molar-refractivity contribution in [3.8, 4) is 0 Å². The number of nitrogens with one attached hydrogen (secondary N) is 1. The molecule has 0 spiro atoms. The minimum atomic E-state index is -0.298. The number of rotatable bonds is 0. The zero-order chi connectivity index (χ0) is 11.3. The van der Waals surface area contributed by atoms with Crippen LogP contribution < -0.4 is 0 Å². The molecule has 1 N–H and O–H groups in total. The molecule has 0 amide bonds. The largest absolute Gasteiger partial charge is 0.252 e. The van der Waals surface area contributed by atoms with Crippen molar-refractivity contribution in [3.63, 3.8) is 0 Å². The first kappa shape index (κ1) is 9.82. The van der Waals surface area contributed by atoms with Crippen molar-refractivity contribution in [1.29, 1.82) is 0 Å². The molecule has 16 heavy (non-hydrogen) atoms. The molecule has 3 heteroatoms. The molecular formula is C13H15FN2. The van der Waals surface area contributed by atoms with Gasteiger partial charge in [0.2, 0.25) is 5.95 Å². The van der Waals surface area contributed by atoms with Crippen molar-refractivity contribution in [1.82, 2.24) is 10.2 Å². The second kappa shape index (κ2) is 3.30. The van der Waals surface area contributed by atoms with E-state index in [0.717, 1.165) is 17.5 Å². The average Bonchev–Trinajstić information content (AvgIpc) is 2.60. The Kier molecular flexibility index (Phi) is 2.03. The molecule has 1 aromatic heterocycles. The molecule has 0 saturated carbocycles. The third kappa shape index (κ3) is 1.20. The maximum atomic E-state index is 13.6. The maximum Gasteiger partial charge on any atom is 0.217 e. The molecule has 2 nitrogen and oxygen atoms in total. The van der Waals surface area contributed by atoms with Crippen LogP contribution in [0, 0.1) is 12.9 Å². The number of nitrogens with zero attached hydrogens (tertiary/aromatic N) is 1. The van der Waals surface area contributed by atoms with Crippen molar-refractivity contribution in [2.24, 2.45) is 0 Å². The molecule has 0 bridgehead atoms. The summed E-state index contributed by atoms with van der Waals surface area (Å²) in [6.07, 6.45) is 3.54. The number of aryl methyl sites for hydroxylation is 2. The van der Waals surface area contributed by atoms with Crippen molar-refractivity contribution in [2.75, 3.05) is 0 Å². The van der Waals surface area contributed by atoms with Gasteiger partial charge in [-0.25, -0.2) is 0 Å². The maximum absolute atomic E-state index is 13.6. The molecule has 1 aliphatic carbocycles. The summed E-state index contributed by atoms with van der Waals surface area (Å²) in [6, 6.07) is 2.05. The van der Waals surface area contributed by atoms with E-state index in [-0.39, 0.29) is 5.95 Å². The molecule has 2 aromatic rings. The number of benzene rings is 1. The van der Waals surface area contributed by atoms with Crippen LogP contribution in [0.25, 0.3) is 10.9 Å². The van der Waals surface area contributed by atoms with E-state index >= 15 is 0 Å². The Bertz CT molecular complexity index is 557. The Hall–Kier alpha value is -1.38. The summed E-state index contributed by atoms with van der Waals surface area (Å²) >= 11 is 0. The summed E-state index contributed by atoms with van der Waals surface area (Å²) < 4.78 is 13.6. The smallest absolute Gasteiger partial charge is 0.217 e. The quantitative estimate of drug-likeness (QED) is 0.720.